The quantitative estimate of drug-likeness (QED) is 0.860. The van der Waals surface area contributed by atoms with Crippen LogP contribution in [0.5, 0.6) is 5.75 Å². The second kappa shape index (κ2) is 7.06. The van der Waals surface area contributed by atoms with Crippen molar-refractivity contribution in [3.8, 4) is 5.75 Å². The molecule has 20 heavy (non-hydrogen) atoms. The second-order valence-electron chi connectivity index (χ2n) is 5.04. The van der Waals surface area contributed by atoms with E-state index in [2.05, 4.69) is 19.2 Å². The minimum absolute atomic E-state index is 0.139. The molecular formula is C17H20FNO. The van der Waals surface area contributed by atoms with Gasteiger partial charge < -0.3 is 10.1 Å². The zero-order chi connectivity index (χ0) is 14.4. The largest absolute Gasteiger partial charge is 0.484 e. The van der Waals surface area contributed by atoms with Crippen LogP contribution < -0.4 is 10.1 Å². The van der Waals surface area contributed by atoms with Crippen LogP contribution in [-0.4, -0.2) is 12.6 Å². The van der Waals surface area contributed by atoms with Crippen molar-refractivity contribution in [1.82, 2.24) is 5.32 Å². The third kappa shape index (κ3) is 4.35. The Morgan fingerprint density at radius 2 is 1.80 bits per heavy atom. The first-order chi connectivity index (χ1) is 9.65. The molecule has 1 N–H and O–H groups in total. The van der Waals surface area contributed by atoms with Crippen molar-refractivity contribution in [2.45, 2.75) is 26.0 Å². The molecule has 0 fully saturated rings. The number of hydrogen-bond donors (Lipinski definition) is 1. The molecule has 0 aliphatic heterocycles. The first-order valence-corrected chi connectivity index (χ1v) is 6.85. The molecule has 2 aromatic rings. The van der Waals surface area contributed by atoms with Crippen LogP contribution >= 0.6 is 0 Å². The van der Waals surface area contributed by atoms with E-state index in [-0.39, 0.29) is 11.9 Å². The summed E-state index contributed by atoms with van der Waals surface area (Å²) < 4.78 is 19.2. The van der Waals surface area contributed by atoms with Crippen molar-refractivity contribution < 1.29 is 9.13 Å². The van der Waals surface area contributed by atoms with Crippen LogP contribution in [0.3, 0.4) is 0 Å². The van der Waals surface area contributed by atoms with Crippen LogP contribution in [0.1, 0.15) is 25.5 Å². The van der Waals surface area contributed by atoms with E-state index in [1.165, 1.54) is 12.1 Å². The lowest BCUT2D eigenvalue weighted by Gasteiger charge is -2.21. The van der Waals surface area contributed by atoms with E-state index in [9.17, 15) is 4.39 Å². The molecule has 0 spiro atoms. The highest BCUT2D eigenvalue weighted by Gasteiger charge is 2.13. The zero-order valence-electron chi connectivity index (χ0n) is 11.8. The summed E-state index contributed by atoms with van der Waals surface area (Å²) >= 11 is 0. The summed E-state index contributed by atoms with van der Waals surface area (Å²) in [6.07, 6.45) is -0.139. The molecule has 0 aliphatic carbocycles. The van der Waals surface area contributed by atoms with Gasteiger partial charge in [-0.3, -0.25) is 0 Å². The average molecular weight is 273 g/mol. The minimum Gasteiger partial charge on any atom is -0.484 e. The monoisotopic (exact) mass is 273 g/mol. The third-order valence-corrected chi connectivity index (χ3v) is 2.96. The Labute approximate surface area is 119 Å². The molecule has 3 heteroatoms. The van der Waals surface area contributed by atoms with E-state index in [1.807, 2.05) is 30.3 Å². The number of benzene rings is 2. The number of ether oxygens (including phenoxy) is 1. The lowest BCUT2D eigenvalue weighted by atomic mass is 10.1. The Morgan fingerprint density at radius 3 is 2.45 bits per heavy atom. The van der Waals surface area contributed by atoms with Gasteiger partial charge in [0, 0.05) is 18.7 Å². The first kappa shape index (κ1) is 14.5. The number of rotatable bonds is 6. The fraction of sp³-hybridized carbons (Fsp3) is 0.294. The molecule has 0 heterocycles. The summed E-state index contributed by atoms with van der Waals surface area (Å²) in [6, 6.07) is 16.6. The van der Waals surface area contributed by atoms with E-state index in [1.54, 1.807) is 12.1 Å². The highest BCUT2D eigenvalue weighted by Crippen LogP contribution is 2.22. The minimum atomic E-state index is -0.286. The fourth-order valence-corrected chi connectivity index (χ4v) is 1.94. The Balaban J connectivity index is 2.14. The van der Waals surface area contributed by atoms with Gasteiger partial charge in [0.15, 0.2) is 0 Å². The molecule has 2 rings (SSSR count). The summed E-state index contributed by atoms with van der Waals surface area (Å²) in [5.74, 6) is 0.260. The summed E-state index contributed by atoms with van der Waals surface area (Å²) in [5.41, 5.74) is 1.07. The molecule has 0 amide bonds. The van der Waals surface area contributed by atoms with Crippen molar-refractivity contribution in [3.05, 3.63) is 66.0 Å². The van der Waals surface area contributed by atoms with Crippen molar-refractivity contribution >= 4 is 0 Å². The first-order valence-electron chi connectivity index (χ1n) is 6.85. The predicted octanol–water partition coefficient (Wildman–Crippen LogP) is 3.94. The molecule has 0 bridgehead atoms. The number of halogens is 1. The van der Waals surface area contributed by atoms with Crippen LogP contribution in [-0.2, 0) is 0 Å². The smallest absolute Gasteiger partial charge is 0.136 e. The Bertz CT molecular complexity index is 528. The maximum Gasteiger partial charge on any atom is 0.136 e. The third-order valence-electron chi connectivity index (χ3n) is 2.96. The molecule has 2 aromatic carbocycles. The molecule has 1 atom stereocenters. The summed E-state index contributed by atoms with van der Waals surface area (Å²) in [4.78, 5) is 0. The molecule has 0 radical (unpaired) electrons. The highest BCUT2D eigenvalue weighted by molar-refractivity contribution is 5.25. The van der Waals surface area contributed by atoms with E-state index < -0.39 is 0 Å². The topological polar surface area (TPSA) is 21.3 Å². The zero-order valence-corrected chi connectivity index (χ0v) is 11.8. The van der Waals surface area contributed by atoms with Crippen molar-refractivity contribution in [2.24, 2.45) is 0 Å². The van der Waals surface area contributed by atoms with Gasteiger partial charge in [-0.1, -0.05) is 50.2 Å². The molecule has 106 valence electrons. The van der Waals surface area contributed by atoms with E-state index >= 15 is 0 Å². The van der Waals surface area contributed by atoms with Gasteiger partial charge in [-0.15, -0.1) is 0 Å². The second-order valence-corrected chi connectivity index (χ2v) is 5.04. The lowest BCUT2D eigenvalue weighted by molar-refractivity contribution is 0.197. The molecule has 2 nitrogen and oxygen atoms in total. The van der Waals surface area contributed by atoms with Gasteiger partial charge in [0.1, 0.15) is 17.7 Å². The lowest BCUT2D eigenvalue weighted by Crippen LogP contribution is -2.30. The molecule has 1 unspecified atom stereocenters. The number of nitrogens with one attached hydrogen (secondary N) is 1. The molecule has 0 aromatic heterocycles. The summed E-state index contributed by atoms with van der Waals surface area (Å²) in [5, 5.41) is 3.36. The van der Waals surface area contributed by atoms with Crippen LogP contribution in [0, 0.1) is 5.82 Å². The number of hydrogen-bond acceptors (Lipinski definition) is 2. The van der Waals surface area contributed by atoms with Crippen LogP contribution in [0.15, 0.2) is 54.6 Å². The Morgan fingerprint density at radius 1 is 1.05 bits per heavy atom. The maximum atomic E-state index is 13.2. The van der Waals surface area contributed by atoms with E-state index in [0.717, 1.165) is 5.56 Å². The van der Waals surface area contributed by atoms with Crippen molar-refractivity contribution in [1.29, 1.82) is 0 Å². The SMILES string of the molecule is CC(C)NCC(Oc1cccc(F)c1)c1ccccc1. The van der Waals surface area contributed by atoms with Gasteiger partial charge in [-0.25, -0.2) is 4.39 Å². The van der Waals surface area contributed by atoms with Gasteiger partial charge in [0.2, 0.25) is 0 Å². The van der Waals surface area contributed by atoms with Crippen LogP contribution in [0.4, 0.5) is 4.39 Å². The van der Waals surface area contributed by atoms with Gasteiger partial charge in [-0.05, 0) is 17.7 Å². The van der Waals surface area contributed by atoms with E-state index in [4.69, 9.17) is 4.74 Å². The van der Waals surface area contributed by atoms with Gasteiger partial charge in [-0.2, -0.15) is 0 Å². The van der Waals surface area contributed by atoms with Gasteiger partial charge in [0.05, 0.1) is 0 Å². The van der Waals surface area contributed by atoms with Crippen LogP contribution in [0.2, 0.25) is 0 Å². The maximum absolute atomic E-state index is 13.2. The van der Waals surface area contributed by atoms with Gasteiger partial charge in [0.25, 0.3) is 0 Å². The Hall–Kier alpha value is -1.87. The van der Waals surface area contributed by atoms with Gasteiger partial charge >= 0.3 is 0 Å². The molecule has 0 aliphatic rings. The van der Waals surface area contributed by atoms with Crippen LogP contribution in [0.25, 0.3) is 0 Å². The fourth-order valence-electron chi connectivity index (χ4n) is 1.94. The average Bonchev–Trinajstić information content (AvgIpc) is 2.44. The van der Waals surface area contributed by atoms with E-state index in [0.29, 0.717) is 18.3 Å². The normalized spacial score (nSPS) is 12.4. The highest BCUT2D eigenvalue weighted by atomic mass is 19.1. The van der Waals surface area contributed by atoms with Crippen molar-refractivity contribution in [3.63, 3.8) is 0 Å². The van der Waals surface area contributed by atoms with Crippen molar-refractivity contribution in [2.75, 3.05) is 6.54 Å². The Kier molecular flexibility index (Phi) is 5.13. The molecular weight excluding hydrogens is 253 g/mol. The standard InChI is InChI=1S/C17H20FNO/c1-13(2)19-12-17(14-7-4-3-5-8-14)20-16-10-6-9-15(18)11-16/h3-11,13,17,19H,12H2,1-2H3. The predicted molar refractivity (Wildman–Crippen MR) is 79.3 cm³/mol. The molecule has 0 saturated heterocycles. The summed E-state index contributed by atoms with van der Waals surface area (Å²) in [6.45, 7) is 4.85. The molecule has 0 saturated carbocycles. The summed E-state index contributed by atoms with van der Waals surface area (Å²) in [7, 11) is 0.